The predicted octanol–water partition coefficient (Wildman–Crippen LogP) is 7.80. The van der Waals surface area contributed by atoms with Crippen molar-refractivity contribution >= 4 is 39.4 Å². The van der Waals surface area contributed by atoms with Gasteiger partial charge in [0.25, 0.3) is 0 Å². The molecule has 2 heterocycles. The summed E-state index contributed by atoms with van der Waals surface area (Å²) in [5, 5.41) is 11.7. The van der Waals surface area contributed by atoms with E-state index in [9.17, 15) is 0 Å². The molecule has 5 aromatic rings. The van der Waals surface area contributed by atoms with E-state index < -0.39 is 0 Å². The summed E-state index contributed by atoms with van der Waals surface area (Å²) >= 11 is 7.56. The van der Waals surface area contributed by atoms with Gasteiger partial charge in [0.1, 0.15) is 5.69 Å². The predicted molar refractivity (Wildman–Crippen MR) is 120 cm³/mol. The maximum absolute atomic E-state index is 5.96. The number of rotatable bonds is 4. The normalized spacial score (nSPS) is 11.5. The average Bonchev–Trinajstić information content (AvgIpc) is 3.33. The highest BCUT2D eigenvalue weighted by Crippen LogP contribution is 2.38. The molecule has 0 aliphatic carbocycles. The number of halogens is 1. The molecular weight excluding hydrogens is 400 g/mol. The first-order chi connectivity index (χ1) is 14.3. The second kappa shape index (κ2) is 7.62. The van der Waals surface area contributed by atoms with Gasteiger partial charge in [0.2, 0.25) is 5.82 Å². The van der Waals surface area contributed by atoms with Crippen LogP contribution in [-0.4, -0.2) is 9.38 Å². The van der Waals surface area contributed by atoms with Crippen molar-refractivity contribution in [1.29, 1.82) is 0 Å². The fraction of sp³-hybridized carbons (Fsp3) is 0. The Balaban J connectivity index is 1.70. The molecule has 0 aliphatic rings. The third-order valence-corrected chi connectivity index (χ3v) is 5.63. The van der Waals surface area contributed by atoms with E-state index >= 15 is 0 Å². The minimum atomic E-state index is 0.593. The summed E-state index contributed by atoms with van der Waals surface area (Å²) < 4.78 is 2.16. The summed E-state index contributed by atoms with van der Waals surface area (Å²) in [6, 6.07) is 27.7. The van der Waals surface area contributed by atoms with Crippen LogP contribution in [0.3, 0.4) is 0 Å². The van der Waals surface area contributed by atoms with Crippen molar-refractivity contribution in [3.05, 3.63) is 95.3 Å². The van der Waals surface area contributed by atoms with Crippen LogP contribution >= 0.6 is 22.9 Å². The topological polar surface area (TPSA) is 42.0 Å². The Hall–Kier alpha value is -3.28. The van der Waals surface area contributed by atoms with E-state index in [2.05, 4.69) is 44.3 Å². The second-order valence-corrected chi connectivity index (χ2v) is 7.70. The monoisotopic (exact) mass is 414 g/mol. The first-order valence-corrected chi connectivity index (χ1v) is 10.3. The Morgan fingerprint density at radius 2 is 1.41 bits per heavy atom. The van der Waals surface area contributed by atoms with Gasteiger partial charge in [-0.15, -0.1) is 21.6 Å². The number of hydrogen-bond acceptors (Lipinski definition) is 4. The number of aromatic nitrogens is 2. The van der Waals surface area contributed by atoms with Crippen LogP contribution in [-0.2, 0) is 0 Å². The lowest BCUT2D eigenvalue weighted by molar-refractivity contribution is 1.18. The van der Waals surface area contributed by atoms with E-state index in [1.54, 1.807) is 23.5 Å². The molecule has 0 atom stereocenters. The molecule has 0 aliphatic heterocycles. The summed E-state index contributed by atoms with van der Waals surface area (Å²) in [6.45, 7) is 0. The van der Waals surface area contributed by atoms with Crippen molar-refractivity contribution < 1.29 is 0 Å². The first kappa shape index (κ1) is 17.8. The molecule has 0 unspecified atom stereocenters. The zero-order valence-electron chi connectivity index (χ0n) is 15.2. The molecule has 0 spiro atoms. The third kappa shape index (κ3) is 3.46. The maximum Gasteiger partial charge on any atom is 0.202 e. The molecule has 3 aromatic carbocycles. The molecule has 0 amide bonds. The number of azo groups is 1. The van der Waals surface area contributed by atoms with Crippen molar-refractivity contribution in [2.45, 2.75) is 0 Å². The van der Waals surface area contributed by atoms with Gasteiger partial charge >= 0.3 is 0 Å². The zero-order valence-corrected chi connectivity index (χ0v) is 16.8. The fourth-order valence-electron chi connectivity index (χ4n) is 3.20. The van der Waals surface area contributed by atoms with Crippen molar-refractivity contribution in [1.82, 2.24) is 9.38 Å². The first-order valence-electron chi connectivity index (χ1n) is 9.08. The molecule has 0 N–H and O–H groups in total. The number of benzene rings is 3. The van der Waals surface area contributed by atoms with Gasteiger partial charge < -0.3 is 0 Å². The number of nitrogens with zero attached hydrogens (tertiary/aromatic N) is 4. The summed E-state index contributed by atoms with van der Waals surface area (Å²) in [5.41, 5.74) is 4.92. The van der Waals surface area contributed by atoms with Gasteiger partial charge in [0.15, 0.2) is 4.96 Å². The second-order valence-electron chi connectivity index (χ2n) is 6.43. The molecule has 5 rings (SSSR count). The molecule has 4 nitrogen and oxygen atoms in total. The van der Waals surface area contributed by atoms with E-state index in [-0.39, 0.29) is 0 Å². The van der Waals surface area contributed by atoms with E-state index in [1.807, 2.05) is 48.5 Å². The van der Waals surface area contributed by atoms with Gasteiger partial charge in [-0.3, -0.25) is 4.40 Å². The van der Waals surface area contributed by atoms with Gasteiger partial charge in [0, 0.05) is 16.0 Å². The molecule has 0 fully saturated rings. The van der Waals surface area contributed by atoms with Gasteiger partial charge in [-0.1, -0.05) is 72.3 Å². The van der Waals surface area contributed by atoms with Crippen LogP contribution in [0.2, 0.25) is 5.02 Å². The fourth-order valence-corrected chi connectivity index (χ4v) is 4.21. The highest BCUT2D eigenvalue weighted by Gasteiger charge is 2.19. The molecule has 0 saturated carbocycles. The van der Waals surface area contributed by atoms with Crippen LogP contribution in [0.4, 0.5) is 11.5 Å². The van der Waals surface area contributed by atoms with E-state index in [0.29, 0.717) is 10.8 Å². The quantitative estimate of drug-likeness (QED) is 0.276. The summed E-state index contributed by atoms with van der Waals surface area (Å²) in [4.78, 5) is 5.65. The Morgan fingerprint density at radius 3 is 2.10 bits per heavy atom. The summed E-state index contributed by atoms with van der Waals surface area (Å²) in [5.74, 6) is 0.593. The number of hydrogen-bond donors (Lipinski definition) is 0. The maximum atomic E-state index is 5.96. The number of fused-ring (bicyclic) bond motifs is 1. The van der Waals surface area contributed by atoms with Crippen LogP contribution in [0.15, 0.2) is 101 Å². The average molecular weight is 415 g/mol. The summed E-state index contributed by atoms with van der Waals surface area (Å²) in [6.07, 6.45) is 0. The van der Waals surface area contributed by atoms with Crippen molar-refractivity contribution in [2.24, 2.45) is 10.2 Å². The Bertz CT molecular complexity index is 1290. The van der Waals surface area contributed by atoms with E-state index in [4.69, 9.17) is 16.6 Å². The molecule has 6 heteroatoms. The van der Waals surface area contributed by atoms with Crippen molar-refractivity contribution in [3.8, 4) is 22.5 Å². The molecule has 0 saturated heterocycles. The highest BCUT2D eigenvalue weighted by molar-refractivity contribution is 7.15. The zero-order chi connectivity index (χ0) is 19.6. The van der Waals surface area contributed by atoms with Crippen LogP contribution in [0.1, 0.15) is 0 Å². The van der Waals surface area contributed by atoms with E-state index in [0.717, 1.165) is 33.2 Å². The van der Waals surface area contributed by atoms with Crippen LogP contribution < -0.4 is 0 Å². The van der Waals surface area contributed by atoms with Crippen molar-refractivity contribution in [3.63, 3.8) is 0 Å². The number of imidazole rings is 1. The molecule has 140 valence electrons. The third-order valence-electron chi connectivity index (χ3n) is 4.55. The SMILES string of the molecule is Clc1ccc(N=Nc2nc3scc(-c4ccccc4)n3c2-c2ccccc2)cc1. The standard InChI is InChI=1S/C23H15ClN4S/c24-18-11-13-19(14-12-18)26-27-22-21(17-9-5-2-6-10-17)28-20(15-29-23(28)25-22)16-7-3-1-4-8-16/h1-15H. The van der Waals surface area contributed by atoms with Crippen LogP contribution in [0, 0.1) is 0 Å². The molecule has 29 heavy (non-hydrogen) atoms. The lowest BCUT2D eigenvalue weighted by atomic mass is 10.1. The highest BCUT2D eigenvalue weighted by atomic mass is 35.5. The van der Waals surface area contributed by atoms with Gasteiger partial charge in [-0.25, -0.2) is 0 Å². The Kier molecular flexibility index (Phi) is 4.68. The van der Waals surface area contributed by atoms with Crippen molar-refractivity contribution in [2.75, 3.05) is 0 Å². The van der Waals surface area contributed by atoms with Gasteiger partial charge in [-0.05, 0) is 29.8 Å². The summed E-state index contributed by atoms with van der Waals surface area (Å²) in [7, 11) is 0. The Morgan fingerprint density at radius 1 is 0.759 bits per heavy atom. The number of thiazole rings is 1. The Labute approximate surface area is 176 Å². The van der Waals surface area contributed by atoms with Crippen LogP contribution in [0.5, 0.6) is 0 Å². The largest absolute Gasteiger partial charge is 0.280 e. The minimum absolute atomic E-state index is 0.593. The lowest BCUT2D eigenvalue weighted by Crippen LogP contribution is -1.89. The van der Waals surface area contributed by atoms with Crippen LogP contribution in [0.25, 0.3) is 27.5 Å². The van der Waals surface area contributed by atoms with Gasteiger partial charge in [0.05, 0.1) is 11.4 Å². The molecule has 2 aromatic heterocycles. The molecular formula is C23H15ClN4S. The molecule has 0 bridgehead atoms. The van der Waals surface area contributed by atoms with Gasteiger partial charge in [-0.2, -0.15) is 4.98 Å². The lowest BCUT2D eigenvalue weighted by Gasteiger charge is -2.05. The van der Waals surface area contributed by atoms with E-state index in [1.165, 1.54) is 0 Å². The molecule has 0 radical (unpaired) electrons. The smallest absolute Gasteiger partial charge is 0.202 e. The minimum Gasteiger partial charge on any atom is -0.280 e.